The van der Waals surface area contributed by atoms with E-state index < -0.39 is 0 Å². The van der Waals surface area contributed by atoms with Crippen LogP contribution in [0.2, 0.25) is 0 Å². The molecule has 2 aromatic heterocycles. The average molecular weight is 437 g/mol. The maximum atomic E-state index is 13.0. The van der Waals surface area contributed by atoms with E-state index in [1.54, 1.807) is 17.5 Å². The molecule has 1 N–H and O–H groups in total. The quantitative estimate of drug-likeness (QED) is 0.579. The Labute approximate surface area is 187 Å². The van der Waals surface area contributed by atoms with Gasteiger partial charge in [0.25, 0.3) is 5.91 Å². The standard InChI is InChI=1S/C24H28N4O2S/c1-25-13-11-21(22-6-4-16-31-22)30-19-9-7-18(8-10-19)17-28-15-14-27(2)20-5-3-12-26-23(20)24(28)29/h3-10,12,16,21,25H,11,13-15,17H2,1-2H3. The molecule has 0 fully saturated rings. The van der Waals surface area contributed by atoms with Gasteiger partial charge in [0, 0.05) is 44.2 Å². The Balaban J connectivity index is 1.44. The highest BCUT2D eigenvalue weighted by Gasteiger charge is 2.26. The van der Waals surface area contributed by atoms with Crippen molar-refractivity contribution < 1.29 is 9.53 Å². The van der Waals surface area contributed by atoms with Gasteiger partial charge in [-0.05, 0) is 54.9 Å². The van der Waals surface area contributed by atoms with Crippen LogP contribution in [0.1, 0.15) is 33.5 Å². The van der Waals surface area contributed by atoms with Crippen LogP contribution in [0.15, 0.2) is 60.1 Å². The van der Waals surface area contributed by atoms with E-state index in [2.05, 4.69) is 32.7 Å². The third-order valence-electron chi connectivity index (χ3n) is 5.48. The van der Waals surface area contributed by atoms with Crippen molar-refractivity contribution in [2.24, 2.45) is 0 Å². The summed E-state index contributed by atoms with van der Waals surface area (Å²) in [6, 6.07) is 16.1. The van der Waals surface area contributed by atoms with Gasteiger partial charge in [-0.2, -0.15) is 0 Å². The van der Waals surface area contributed by atoms with Gasteiger partial charge < -0.3 is 19.9 Å². The summed E-state index contributed by atoms with van der Waals surface area (Å²) in [5.41, 5.74) is 2.48. The van der Waals surface area contributed by atoms with Crippen molar-refractivity contribution in [3.8, 4) is 5.75 Å². The first-order valence-electron chi connectivity index (χ1n) is 10.5. The zero-order valence-corrected chi connectivity index (χ0v) is 18.8. The molecule has 1 unspecified atom stereocenters. The lowest BCUT2D eigenvalue weighted by Crippen LogP contribution is -2.33. The smallest absolute Gasteiger partial charge is 0.274 e. The van der Waals surface area contributed by atoms with Gasteiger partial charge in [0.15, 0.2) is 5.69 Å². The Kier molecular flexibility index (Phi) is 6.84. The van der Waals surface area contributed by atoms with Crippen molar-refractivity contribution in [1.82, 2.24) is 15.2 Å². The van der Waals surface area contributed by atoms with Crippen molar-refractivity contribution in [2.45, 2.75) is 19.1 Å². The average Bonchev–Trinajstić information content (AvgIpc) is 3.31. The van der Waals surface area contributed by atoms with Gasteiger partial charge in [-0.25, -0.2) is 4.98 Å². The number of amides is 1. The molecule has 7 heteroatoms. The van der Waals surface area contributed by atoms with Crippen molar-refractivity contribution >= 4 is 22.9 Å². The molecule has 1 aromatic carbocycles. The van der Waals surface area contributed by atoms with Crippen LogP contribution in [-0.4, -0.2) is 49.5 Å². The minimum absolute atomic E-state index is 0.0231. The van der Waals surface area contributed by atoms with Crippen molar-refractivity contribution in [3.05, 3.63) is 76.2 Å². The zero-order chi connectivity index (χ0) is 21.6. The van der Waals surface area contributed by atoms with Crippen molar-refractivity contribution in [2.75, 3.05) is 38.6 Å². The number of carbonyl (C=O) groups excluding carboxylic acids is 1. The molecule has 0 saturated heterocycles. The molecule has 31 heavy (non-hydrogen) atoms. The van der Waals surface area contributed by atoms with Crippen LogP contribution in [0.25, 0.3) is 0 Å². The summed E-state index contributed by atoms with van der Waals surface area (Å²) < 4.78 is 6.28. The second kappa shape index (κ2) is 9.94. The predicted molar refractivity (Wildman–Crippen MR) is 125 cm³/mol. The maximum absolute atomic E-state index is 13.0. The number of benzene rings is 1. The Morgan fingerprint density at radius 2 is 2.00 bits per heavy atom. The molecule has 0 aliphatic carbocycles. The molecule has 1 aliphatic rings. The lowest BCUT2D eigenvalue weighted by molar-refractivity contribution is 0.0749. The van der Waals surface area contributed by atoms with Gasteiger partial charge in [-0.15, -0.1) is 11.3 Å². The van der Waals surface area contributed by atoms with E-state index in [-0.39, 0.29) is 12.0 Å². The van der Waals surface area contributed by atoms with Crippen LogP contribution in [0.5, 0.6) is 5.75 Å². The lowest BCUT2D eigenvalue weighted by Gasteiger charge is -2.22. The molecule has 6 nitrogen and oxygen atoms in total. The summed E-state index contributed by atoms with van der Waals surface area (Å²) in [7, 11) is 3.96. The van der Waals surface area contributed by atoms with E-state index in [4.69, 9.17) is 4.74 Å². The van der Waals surface area contributed by atoms with Crippen LogP contribution < -0.4 is 15.0 Å². The molecule has 3 heterocycles. The molecule has 4 rings (SSSR count). The highest BCUT2D eigenvalue weighted by atomic mass is 32.1. The van der Waals surface area contributed by atoms with E-state index in [0.29, 0.717) is 18.8 Å². The molecule has 0 saturated carbocycles. The van der Waals surface area contributed by atoms with Crippen LogP contribution in [0.3, 0.4) is 0 Å². The topological polar surface area (TPSA) is 57.7 Å². The number of pyridine rings is 1. The largest absolute Gasteiger partial charge is 0.485 e. The monoisotopic (exact) mass is 436 g/mol. The van der Waals surface area contributed by atoms with Crippen molar-refractivity contribution in [1.29, 1.82) is 0 Å². The first kappa shape index (κ1) is 21.3. The number of fused-ring (bicyclic) bond motifs is 1. The number of thiophene rings is 1. The van der Waals surface area contributed by atoms with Gasteiger partial charge in [0.05, 0.1) is 5.69 Å². The third-order valence-corrected chi connectivity index (χ3v) is 6.45. The summed E-state index contributed by atoms with van der Waals surface area (Å²) in [6.45, 7) is 2.88. The molecule has 0 radical (unpaired) electrons. The Hall–Kier alpha value is -2.90. The molecular weight excluding hydrogens is 408 g/mol. The molecule has 0 spiro atoms. The summed E-state index contributed by atoms with van der Waals surface area (Å²) in [6.07, 6.45) is 2.61. The van der Waals surface area contributed by atoms with Gasteiger partial charge >= 0.3 is 0 Å². The van der Waals surface area contributed by atoms with Gasteiger partial charge in [-0.3, -0.25) is 4.79 Å². The van der Waals surface area contributed by atoms with E-state index in [1.165, 1.54) is 4.88 Å². The Morgan fingerprint density at radius 3 is 2.74 bits per heavy atom. The highest BCUT2D eigenvalue weighted by molar-refractivity contribution is 7.10. The number of nitrogens with zero attached hydrogens (tertiary/aromatic N) is 3. The summed E-state index contributed by atoms with van der Waals surface area (Å²) >= 11 is 1.72. The number of aromatic nitrogens is 1. The first-order valence-corrected chi connectivity index (χ1v) is 11.4. The van der Waals surface area contributed by atoms with Crippen LogP contribution in [0.4, 0.5) is 5.69 Å². The molecule has 3 aromatic rings. The van der Waals surface area contributed by atoms with Gasteiger partial charge in [0.2, 0.25) is 0 Å². The van der Waals surface area contributed by atoms with E-state index >= 15 is 0 Å². The number of carbonyl (C=O) groups is 1. The summed E-state index contributed by atoms with van der Waals surface area (Å²) in [5, 5.41) is 5.28. The third kappa shape index (κ3) is 5.06. The van der Waals surface area contributed by atoms with E-state index in [0.717, 1.165) is 36.5 Å². The molecule has 1 amide bonds. The molecule has 162 valence electrons. The van der Waals surface area contributed by atoms with Crippen LogP contribution in [-0.2, 0) is 6.54 Å². The normalized spacial score (nSPS) is 14.8. The van der Waals surface area contributed by atoms with Gasteiger partial charge in [0.1, 0.15) is 11.9 Å². The second-order valence-electron chi connectivity index (χ2n) is 7.68. The number of likely N-dealkylation sites (N-methyl/N-ethyl adjacent to an activating group) is 1. The molecule has 1 atom stereocenters. The predicted octanol–water partition coefficient (Wildman–Crippen LogP) is 3.96. The Bertz CT molecular complexity index is 991. The fraction of sp³-hybridized carbons (Fsp3) is 0.333. The number of anilines is 1. The van der Waals surface area contributed by atoms with Crippen molar-refractivity contribution in [3.63, 3.8) is 0 Å². The van der Waals surface area contributed by atoms with E-state index in [9.17, 15) is 4.79 Å². The first-order chi connectivity index (χ1) is 15.2. The molecule has 1 aliphatic heterocycles. The fourth-order valence-electron chi connectivity index (χ4n) is 3.73. The Morgan fingerprint density at radius 1 is 1.16 bits per heavy atom. The van der Waals surface area contributed by atoms with Crippen LogP contribution >= 0.6 is 11.3 Å². The minimum Gasteiger partial charge on any atom is -0.485 e. The number of hydrogen-bond donors (Lipinski definition) is 1. The number of rotatable bonds is 8. The molecular formula is C24H28N4O2S. The summed E-state index contributed by atoms with van der Waals surface area (Å²) in [5.74, 6) is 0.817. The number of nitrogens with one attached hydrogen (secondary N) is 1. The lowest BCUT2D eigenvalue weighted by atomic mass is 10.1. The fourth-order valence-corrected chi connectivity index (χ4v) is 4.52. The number of hydrogen-bond acceptors (Lipinski definition) is 6. The van der Waals surface area contributed by atoms with E-state index in [1.807, 2.05) is 55.4 Å². The highest BCUT2D eigenvalue weighted by Crippen LogP contribution is 2.28. The minimum atomic E-state index is -0.0231. The summed E-state index contributed by atoms with van der Waals surface area (Å²) in [4.78, 5) is 22.6. The SMILES string of the molecule is CNCCC(Oc1ccc(CN2CCN(C)c3cccnc3C2=O)cc1)c1cccs1. The number of ether oxygens (including phenoxy) is 1. The van der Waals surface area contributed by atoms with Crippen LogP contribution in [0, 0.1) is 0 Å². The van der Waals surface area contributed by atoms with Gasteiger partial charge in [-0.1, -0.05) is 18.2 Å². The maximum Gasteiger partial charge on any atom is 0.274 e. The molecule has 0 bridgehead atoms. The zero-order valence-electron chi connectivity index (χ0n) is 18.0. The second-order valence-corrected chi connectivity index (χ2v) is 8.66.